The minimum Gasteiger partial charge on any atom is -0.0654 e. The molecule has 0 amide bonds. The van der Waals surface area contributed by atoms with Gasteiger partial charge in [-0.3, -0.25) is 0 Å². The van der Waals surface area contributed by atoms with E-state index in [4.69, 9.17) is 0 Å². The molecule has 0 aromatic rings. The first kappa shape index (κ1) is 21.0. The molecule has 0 aliphatic heterocycles. The van der Waals surface area contributed by atoms with Gasteiger partial charge < -0.3 is 0 Å². The van der Waals surface area contributed by atoms with Gasteiger partial charge in [0.25, 0.3) is 0 Å². The summed E-state index contributed by atoms with van der Waals surface area (Å²) in [5.74, 6) is 6.07. The Morgan fingerprint density at radius 1 is 0.619 bits per heavy atom. The van der Waals surface area contributed by atoms with Crippen molar-refractivity contribution in [3.63, 3.8) is 0 Å². The summed E-state index contributed by atoms with van der Waals surface area (Å²) in [5, 5.41) is 0. The van der Waals surface area contributed by atoms with Crippen LogP contribution in [0, 0.1) is 41.4 Å². The number of hydrogen-bond donors (Lipinski definition) is 0. The minimum atomic E-state index is 0.832. The summed E-state index contributed by atoms with van der Waals surface area (Å²) >= 11 is 0. The van der Waals surface area contributed by atoms with Crippen molar-refractivity contribution in [3.8, 4) is 0 Å². The lowest BCUT2D eigenvalue weighted by Gasteiger charge is -2.34. The Morgan fingerprint density at radius 3 is 1.57 bits per heavy atom. The summed E-state index contributed by atoms with van der Waals surface area (Å²) in [7, 11) is 0. The van der Waals surface area contributed by atoms with Crippen LogP contribution in [0.2, 0.25) is 0 Å². The van der Waals surface area contributed by atoms with Crippen molar-refractivity contribution in [2.45, 2.75) is 94.4 Å². The molecule has 0 fully saturated rings. The molecule has 0 aliphatic rings. The molecule has 128 valence electrons. The molecule has 5 unspecified atom stereocenters. The van der Waals surface area contributed by atoms with Crippen LogP contribution in [0.4, 0.5) is 0 Å². The predicted molar refractivity (Wildman–Crippen MR) is 98.6 cm³/mol. The molecule has 0 saturated carbocycles. The Hall–Kier alpha value is 0. The third kappa shape index (κ3) is 8.27. The van der Waals surface area contributed by atoms with Crippen molar-refractivity contribution >= 4 is 0 Å². The van der Waals surface area contributed by atoms with Gasteiger partial charge in [0.1, 0.15) is 0 Å². The fourth-order valence-electron chi connectivity index (χ4n) is 3.64. The van der Waals surface area contributed by atoms with Crippen LogP contribution in [0.1, 0.15) is 94.4 Å². The molecular formula is C21H44. The maximum absolute atomic E-state index is 2.52. The highest BCUT2D eigenvalue weighted by atomic mass is 14.3. The standard InChI is InChI=1S/C21H44/c1-10-11-21(14-15(2)3)20(9)19(8)18(7)13-12-17(6)16(4)5/h15-21H,10-14H2,1-9H3. The van der Waals surface area contributed by atoms with E-state index in [0.717, 1.165) is 41.4 Å². The second kappa shape index (κ2) is 10.7. The van der Waals surface area contributed by atoms with Gasteiger partial charge in [-0.15, -0.1) is 0 Å². The van der Waals surface area contributed by atoms with Crippen LogP contribution in [-0.2, 0) is 0 Å². The van der Waals surface area contributed by atoms with E-state index in [9.17, 15) is 0 Å². The zero-order chi connectivity index (χ0) is 16.6. The van der Waals surface area contributed by atoms with Crippen molar-refractivity contribution in [1.82, 2.24) is 0 Å². The Kier molecular flexibility index (Phi) is 10.7. The van der Waals surface area contributed by atoms with Crippen molar-refractivity contribution in [2.75, 3.05) is 0 Å². The van der Waals surface area contributed by atoms with E-state index >= 15 is 0 Å². The van der Waals surface area contributed by atoms with E-state index in [0.29, 0.717) is 0 Å². The Labute approximate surface area is 136 Å². The van der Waals surface area contributed by atoms with Crippen LogP contribution in [0.5, 0.6) is 0 Å². The Balaban J connectivity index is 4.45. The molecule has 0 N–H and O–H groups in total. The van der Waals surface area contributed by atoms with Gasteiger partial charge in [0.15, 0.2) is 0 Å². The average molecular weight is 297 g/mol. The van der Waals surface area contributed by atoms with E-state index in [1.165, 1.54) is 32.1 Å². The van der Waals surface area contributed by atoms with Crippen molar-refractivity contribution in [1.29, 1.82) is 0 Å². The predicted octanol–water partition coefficient (Wildman–Crippen LogP) is 7.43. The molecule has 0 aromatic heterocycles. The lowest BCUT2D eigenvalue weighted by Crippen LogP contribution is -2.25. The maximum atomic E-state index is 2.52. The highest BCUT2D eigenvalue weighted by molar-refractivity contribution is 4.76. The fraction of sp³-hybridized carbons (Fsp3) is 1.00. The van der Waals surface area contributed by atoms with Crippen LogP contribution in [0.3, 0.4) is 0 Å². The van der Waals surface area contributed by atoms with Crippen molar-refractivity contribution < 1.29 is 0 Å². The van der Waals surface area contributed by atoms with E-state index in [2.05, 4.69) is 62.3 Å². The largest absolute Gasteiger partial charge is 0.0654 e. The monoisotopic (exact) mass is 296 g/mol. The molecule has 0 nitrogen and oxygen atoms in total. The topological polar surface area (TPSA) is 0 Å². The summed E-state index contributed by atoms with van der Waals surface area (Å²) < 4.78 is 0. The molecule has 5 atom stereocenters. The summed E-state index contributed by atoms with van der Waals surface area (Å²) in [6.07, 6.45) is 6.98. The van der Waals surface area contributed by atoms with Gasteiger partial charge in [0.2, 0.25) is 0 Å². The third-order valence-electron chi connectivity index (χ3n) is 6.12. The van der Waals surface area contributed by atoms with Crippen molar-refractivity contribution in [2.24, 2.45) is 41.4 Å². The zero-order valence-corrected chi connectivity index (χ0v) is 16.6. The second-order valence-corrected chi connectivity index (χ2v) is 8.67. The van der Waals surface area contributed by atoms with Crippen LogP contribution in [0.25, 0.3) is 0 Å². The molecular weight excluding hydrogens is 252 g/mol. The first-order chi connectivity index (χ1) is 9.70. The highest BCUT2D eigenvalue weighted by Crippen LogP contribution is 2.35. The second-order valence-electron chi connectivity index (χ2n) is 8.67. The molecule has 0 saturated heterocycles. The molecule has 0 heterocycles. The van der Waals surface area contributed by atoms with Crippen LogP contribution >= 0.6 is 0 Å². The van der Waals surface area contributed by atoms with Gasteiger partial charge in [-0.05, 0) is 47.8 Å². The first-order valence-electron chi connectivity index (χ1n) is 9.70. The minimum absolute atomic E-state index is 0.832. The number of hydrogen-bond acceptors (Lipinski definition) is 0. The van der Waals surface area contributed by atoms with Crippen LogP contribution in [-0.4, -0.2) is 0 Å². The van der Waals surface area contributed by atoms with Gasteiger partial charge >= 0.3 is 0 Å². The third-order valence-corrected chi connectivity index (χ3v) is 6.12. The highest BCUT2D eigenvalue weighted by Gasteiger charge is 2.26. The molecule has 0 spiro atoms. The fourth-order valence-corrected chi connectivity index (χ4v) is 3.64. The Bertz CT molecular complexity index is 240. The van der Waals surface area contributed by atoms with Crippen LogP contribution in [0.15, 0.2) is 0 Å². The quantitative estimate of drug-likeness (QED) is 0.372. The Morgan fingerprint density at radius 2 is 1.14 bits per heavy atom. The summed E-state index contributed by atoms with van der Waals surface area (Å²) in [4.78, 5) is 0. The lowest BCUT2D eigenvalue weighted by molar-refractivity contribution is 0.159. The van der Waals surface area contributed by atoms with Gasteiger partial charge in [-0.25, -0.2) is 0 Å². The van der Waals surface area contributed by atoms with Gasteiger partial charge in [-0.2, -0.15) is 0 Å². The van der Waals surface area contributed by atoms with E-state index in [-0.39, 0.29) is 0 Å². The maximum Gasteiger partial charge on any atom is -0.0384 e. The van der Waals surface area contributed by atoms with Gasteiger partial charge in [-0.1, -0.05) is 88.0 Å². The van der Waals surface area contributed by atoms with E-state index in [1.54, 1.807) is 0 Å². The average Bonchev–Trinajstić information content (AvgIpc) is 2.41. The molecule has 21 heavy (non-hydrogen) atoms. The van der Waals surface area contributed by atoms with Crippen LogP contribution < -0.4 is 0 Å². The smallest absolute Gasteiger partial charge is 0.0384 e. The van der Waals surface area contributed by atoms with E-state index < -0.39 is 0 Å². The van der Waals surface area contributed by atoms with Gasteiger partial charge in [0, 0.05) is 0 Å². The van der Waals surface area contributed by atoms with Gasteiger partial charge in [0.05, 0.1) is 0 Å². The molecule has 0 bridgehead atoms. The molecule has 0 radical (unpaired) electrons. The molecule has 0 aromatic carbocycles. The molecule has 0 rings (SSSR count). The lowest BCUT2D eigenvalue weighted by atomic mass is 9.72. The first-order valence-corrected chi connectivity index (χ1v) is 9.70. The number of rotatable bonds is 11. The SMILES string of the molecule is CCCC(CC(C)C)C(C)C(C)C(C)CCC(C)C(C)C. The summed E-state index contributed by atoms with van der Waals surface area (Å²) in [5.41, 5.74) is 0. The normalized spacial score (nSPS) is 19.6. The van der Waals surface area contributed by atoms with Crippen molar-refractivity contribution in [3.05, 3.63) is 0 Å². The zero-order valence-electron chi connectivity index (χ0n) is 16.6. The summed E-state index contributed by atoms with van der Waals surface area (Å²) in [6.45, 7) is 21.8. The van der Waals surface area contributed by atoms with E-state index in [1.807, 2.05) is 0 Å². The summed E-state index contributed by atoms with van der Waals surface area (Å²) in [6, 6.07) is 0. The molecule has 0 aliphatic carbocycles. The molecule has 0 heteroatoms.